The van der Waals surface area contributed by atoms with E-state index in [2.05, 4.69) is 49.6 Å². The lowest BCUT2D eigenvalue weighted by molar-refractivity contribution is 0.385. The fourth-order valence-corrected chi connectivity index (χ4v) is 2.27. The van der Waals surface area contributed by atoms with Gasteiger partial charge < -0.3 is 10.6 Å². The van der Waals surface area contributed by atoms with Crippen molar-refractivity contribution in [3.05, 3.63) is 34.9 Å². The van der Waals surface area contributed by atoms with Crippen LogP contribution in [0.1, 0.15) is 30.0 Å². The molecule has 1 aromatic rings. The van der Waals surface area contributed by atoms with Crippen molar-refractivity contribution in [3.63, 3.8) is 0 Å². The maximum absolute atomic E-state index is 3.68. The lowest BCUT2D eigenvalue weighted by Crippen LogP contribution is -2.43. The Morgan fingerprint density at radius 1 is 1.38 bits per heavy atom. The van der Waals surface area contributed by atoms with Crippen LogP contribution in [0.4, 0.5) is 0 Å². The van der Waals surface area contributed by atoms with Crippen LogP contribution < -0.4 is 10.6 Å². The zero-order chi connectivity index (χ0) is 11.6. The van der Waals surface area contributed by atoms with Crippen LogP contribution in [-0.4, -0.2) is 18.6 Å². The Balaban J connectivity index is 2.01. The number of hydrogen-bond acceptors (Lipinski definition) is 2. The Morgan fingerprint density at radius 2 is 2.19 bits per heavy atom. The summed E-state index contributed by atoms with van der Waals surface area (Å²) >= 11 is 0. The molecule has 1 aliphatic heterocycles. The van der Waals surface area contributed by atoms with Crippen molar-refractivity contribution in [2.75, 3.05) is 13.1 Å². The highest BCUT2D eigenvalue weighted by atomic mass is 15.1. The van der Waals surface area contributed by atoms with E-state index in [1.165, 1.54) is 23.1 Å². The predicted octanol–water partition coefficient (Wildman–Crippen LogP) is 2.15. The summed E-state index contributed by atoms with van der Waals surface area (Å²) in [6, 6.07) is 6.67. The molecule has 2 heteroatoms. The van der Waals surface area contributed by atoms with Crippen LogP contribution >= 0.6 is 0 Å². The molecule has 1 fully saturated rings. The standard InChI is InChI=1S/C14H22N2/c1-11-4-5-12(2)13(8-11)9-16-14(3)6-7-15-10-14/h4-5,8,15-16H,6-7,9-10H2,1-3H3. The predicted molar refractivity (Wildman–Crippen MR) is 68.6 cm³/mol. The molecule has 0 radical (unpaired) electrons. The largest absolute Gasteiger partial charge is 0.315 e. The Kier molecular flexibility index (Phi) is 3.31. The lowest BCUT2D eigenvalue weighted by atomic mass is 10.00. The minimum Gasteiger partial charge on any atom is -0.315 e. The van der Waals surface area contributed by atoms with Crippen LogP contribution in [0.3, 0.4) is 0 Å². The van der Waals surface area contributed by atoms with E-state index in [-0.39, 0.29) is 5.54 Å². The van der Waals surface area contributed by atoms with Gasteiger partial charge in [0.05, 0.1) is 0 Å². The van der Waals surface area contributed by atoms with Gasteiger partial charge in [-0.05, 0) is 44.9 Å². The van der Waals surface area contributed by atoms with Crippen molar-refractivity contribution in [2.24, 2.45) is 0 Å². The van der Waals surface area contributed by atoms with Gasteiger partial charge in [0, 0.05) is 18.6 Å². The molecule has 1 aromatic carbocycles. The molecule has 0 spiro atoms. The van der Waals surface area contributed by atoms with E-state index >= 15 is 0 Å². The van der Waals surface area contributed by atoms with Gasteiger partial charge in [0.15, 0.2) is 0 Å². The van der Waals surface area contributed by atoms with Crippen molar-refractivity contribution >= 4 is 0 Å². The average Bonchev–Trinajstić information content (AvgIpc) is 2.67. The first-order valence-electron chi connectivity index (χ1n) is 6.11. The third-order valence-electron chi connectivity index (χ3n) is 3.58. The zero-order valence-corrected chi connectivity index (χ0v) is 10.6. The van der Waals surface area contributed by atoms with E-state index in [1.54, 1.807) is 0 Å². The molecule has 2 rings (SSSR count). The summed E-state index contributed by atoms with van der Waals surface area (Å²) in [7, 11) is 0. The van der Waals surface area contributed by atoms with E-state index < -0.39 is 0 Å². The monoisotopic (exact) mass is 218 g/mol. The molecular weight excluding hydrogens is 196 g/mol. The topological polar surface area (TPSA) is 24.1 Å². The summed E-state index contributed by atoms with van der Waals surface area (Å²) in [6.45, 7) is 9.84. The Labute approximate surface area is 98.4 Å². The first-order valence-corrected chi connectivity index (χ1v) is 6.11. The van der Waals surface area contributed by atoms with Crippen LogP contribution in [0.5, 0.6) is 0 Å². The maximum atomic E-state index is 3.68. The van der Waals surface area contributed by atoms with E-state index in [0.29, 0.717) is 0 Å². The molecular formula is C14H22N2. The second-order valence-corrected chi connectivity index (χ2v) is 5.27. The number of hydrogen-bond donors (Lipinski definition) is 2. The molecule has 1 heterocycles. The van der Waals surface area contributed by atoms with Crippen molar-refractivity contribution in [1.82, 2.24) is 10.6 Å². The highest BCUT2D eigenvalue weighted by Gasteiger charge is 2.27. The summed E-state index contributed by atoms with van der Waals surface area (Å²) < 4.78 is 0. The average molecular weight is 218 g/mol. The highest BCUT2D eigenvalue weighted by Crippen LogP contribution is 2.16. The third kappa shape index (κ3) is 2.63. The summed E-state index contributed by atoms with van der Waals surface area (Å²) in [4.78, 5) is 0. The second-order valence-electron chi connectivity index (χ2n) is 5.27. The maximum Gasteiger partial charge on any atom is 0.0293 e. The van der Waals surface area contributed by atoms with Crippen molar-refractivity contribution in [1.29, 1.82) is 0 Å². The summed E-state index contributed by atoms with van der Waals surface area (Å²) in [5.41, 5.74) is 4.42. The first-order chi connectivity index (χ1) is 7.59. The van der Waals surface area contributed by atoms with Crippen molar-refractivity contribution in [2.45, 2.75) is 39.3 Å². The summed E-state index contributed by atoms with van der Waals surface area (Å²) in [6.07, 6.45) is 1.22. The van der Waals surface area contributed by atoms with Gasteiger partial charge >= 0.3 is 0 Å². The summed E-state index contributed by atoms with van der Waals surface area (Å²) in [5.74, 6) is 0. The highest BCUT2D eigenvalue weighted by molar-refractivity contribution is 5.30. The molecule has 0 saturated carbocycles. The molecule has 0 aliphatic carbocycles. The lowest BCUT2D eigenvalue weighted by Gasteiger charge is -2.25. The first kappa shape index (κ1) is 11.6. The minimum atomic E-state index is 0.274. The normalized spacial score (nSPS) is 24.9. The SMILES string of the molecule is Cc1ccc(C)c(CNC2(C)CCNC2)c1. The molecule has 1 aliphatic rings. The Morgan fingerprint density at radius 3 is 2.88 bits per heavy atom. The van der Waals surface area contributed by atoms with Gasteiger partial charge in [-0.15, -0.1) is 0 Å². The fraction of sp³-hybridized carbons (Fsp3) is 0.571. The third-order valence-corrected chi connectivity index (χ3v) is 3.58. The summed E-state index contributed by atoms with van der Waals surface area (Å²) in [5, 5.41) is 7.09. The van der Waals surface area contributed by atoms with Crippen molar-refractivity contribution < 1.29 is 0 Å². The van der Waals surface area contributed by atoms with Gasteiger partial charge in [0.1, 0.15) is 0 Å². The number of benzene rings is 1. The van der Waals surface area contributed by atoms with Gasteiger partial charge in [-0.1, -0.05) is 23.8 Å². The fourth-order valence-electron chi connectivity index (χ4n) is 2.27. The van der Waals surface area contributed by atoms with Gasteiger partial charge in [0.25, 0.3) is 0 Å². The molecule has 0 amide bonds. The number of rotatable bonds is 3. The van der Waals surface area contributed by atoms with Crippen LogP contribution in [-0.2, 0) is 6.54 Å². The van der Waals surface area contributed by atoms with Gasteiger partial charge in [-0.2, -0.15) is 0 Å². The molecule has 1 saturated heterocycles. The van der Waals surface area contributed by atoms with Gasteiger partial charge in [-0.25, -0.2) is 0 Å². The molecule has 16 heavy (non-hydrogen) atoms. The van der Waals surface area contributed by atoms with Gasteiger partial charge in [0.2, 0.25) is 0 Å². The molecule has 1 atom stereocenters. The molecule has 2 nitrogen and oxygen atoms in total. The molecule has 0 bridgehead atoms. The Bertz CT molecular complexity index is 365. The molecule has 2 N–H and O–H groups in total. The van der Waals surface area contributed by atoms with Gasteiger partial charge in [-0.3, -0.25) is 0 Å². The number of aryl methyl sites for hydroxylation is 2. The van der Waals surface area contributed by atoms with Crippen molar-refractivity contribution in [3.8, 4) is 0 Å². The smallest absolute Gasteiger partial charge is 0.0293 e. The quantitative estimate of drug-likeness (QED) is 0.812. The van der Waals surface area contributed by atoms with E-state index in [9.17, 15) is 0 Å². The van der Waals surface area contributed by atoms with E-state index in [4.69, 9.17) is 0 Å². The minimum absolute atomic E-state index is 0.274. The van der Waals surface area contributed by atoms with Crippen LogP contribution in [0, 0.1) is 13.8 Å². The van der Waals surface area contributed by atoms with Crippen LogP contribution in [0.25, 0.3) is 0 Å². The Hall–Kier alpha value is -0.860. The van der Waals surface area contributed by atoms with E-state index in [0.717, 1.165) is 19.6 Å². The number of nitrogens with one attached hydrogen (secondary N) is 2. The van der Waals surface area contributed by atoms with E-state index in [1.807, 2.05) is 0 Å². The molecule has 1 unspecified atom stereocenters. The molecule has 0 aromatic heterocycles. The van der Waals surface area contributed by atoms with Crippen LogP contribution in [0.2, 0.25) is 0 Å². The zero-order valence-electron chi connectivity index (χ0n) is 10.6. The van der Waals surface area contributed by atoms with Crippen LogP contribution in [0.15, 0.2) is 18.2 Å². The molecule has 88 valence electrons. The second kappa shape index (κ2) is 4.56.